The van der Waals surface area contributed by atoms with Crippen LogP contribution in [-0.2, 0) is 27.3 Å². The fourth-order valence-corrected chi connectivity index (χ4v) is 4.05. The summed E-state index contributed by atoms with van der Waals surface area (Å²) in [6, 6.07) is 26.8. The van der Waals surface area contributed by atoms with Crippen LogP contribution in [0, 0.1) is 0 Å². The Morgan fingerprint density at radius 2 is 1.53 bits per heavy atom. The van der Waals surface area contributed by atoms with E-state index in [-0.39, 0.29) is 18.4 Å². The van der Waals surface area contributed by atoms with Gasteiger partial charge in [-0.05, 0) is 35.4 Å². The summed E-state index contributed by atoms with van der Waals surface area (Å²) >= 11 is 0. The number of morpholine rings is 1. The number of ether oxygens (including phenoxy) is 2. The van der Waals surface area contributed by atoms with E-state index in [9.17, 15) is 9.59 Å². The first kappa shape index (κ1) is 25.4. The van der Waals surface area contributed by atoms with Crippen LogP contribution in [0.15, 0.2) is 84.9 Å². The molecule has 1 fully saturated rings. The Hall–Kier alpha value is -3.68. The maximum absolute atomic E-state index is 13.2. The summed E-state index contributed by atoms with van der Waals surface area (Å²) in [5.74, 6) is 0.501. The van der Waals surface area contributed by atoms with Crippen molar-refractivity contribution in [2.24, 2.45) is 0 Å². The van der Waals surface area contributed by atoms with E-state index in [4.69, 9.17) is 9.47 Å². The van der Waals surface area contributed by atoms with Crippen LogP contribution < -0.4 is 15.0 Å². The van der Waals surface area contributed by atoms with Crippen molar-refractivity contribution in [1.82, 2.24) is 10.2 Å². The number of amides is 2. The third-order valence-electron chi connectivity index (χ3n) is 6.06. The Bertz CT molecular complexity index is 1080. The second-order valence-corrected chi connectivity index (χ2v) is 8.71. The smallest absolute Gasteiger partial charge is 0.265 e. The van der Waals surface area contributed by atoms with Crippen LogP contribution in [0.5, 0.6) is 5.75 Å². The Morgan fingerprint density at radius 1 is 0.861 bits per heavy atom. The molecule has 1 aliphatic rings. The molecule has 7 heteroatoms. The summed E-state index contributed by atoms with van der Waals surface area (Å²) in [6.07, 6.45) is 0.299. The molecule has 1 heterocycles. The van der Waals surface area contributed by atoms with E-state index < -0.39 is 0 Å². The molecule has 0 spiro atoms. The molecular formula is C29H33N3O4. The first-order valence-electron chi connectivity index (χ1n) is 12.4. The fraction of sp³-hybridized carbons (Fsp3) is 0.310. The van der Waals surface area contributed by atoms with Crippen molar-refractivity contribution in [1.29, 1.82) is 0 Å². The van der Waals surface area contributed by atoms with Crippen LogP contribution >= 0.6 is 0 Å². The molecular weight excluding hydrogens is 454 g/mol. The van der Waals surface area contributed by atoms with Gasteiger partial charge in [0.25, 0.3) is 5.91 Å². The number of carbonyl (C=O) groups is 2. The first-order valence-corrected chi connectivity index (χ1v) is 12.4. The average molecular weight is 488 g/mol. The molecule has 1 N–H and O–H groups in total. The number of hydrogen-bond acceptors (Lipinski definition) is 5. The molecule has 4 rings (SSSR count). The lowest BCUT2D eigenvalue weighted by Crippen LogP contribution is -2.41. The molecule has 0 atom stereocenters. The molecule has 3 aromatic carbocycles. The van der Waals surface area contributed by atoms with Gasteiger partial charge < -0.3 is 19.7 Å². The molecule has 0 radical (unpaired) electrons. The first-order chi connectivity index (χ1) is 17.7. The van der Waals surface area contributed by atoms with Crippen LogP contribution in [0.2, 0.25) is 0 Å². The number of para-hydroxylation sites is 1. The van der Waals surface area contributed by atoms with Gasteiger partial charge in [0.1, 0.15) is 5.75 Å². The highest BCUT2D eigenvalue weighted by Gasteiger charge is 2.18. The van der Waals surface area contributed by atoms with Crippen molar-refractivity contribution in [2.45, 2.75) is 13.0 Å². The number of rotatable bonds is 11. The zero-order chi connectivity index (χ0) is 25.0. The normalized spacial score (nSPS) is 13.7. The molecule has 0 aliphatic carbocycles. The lowest BCUT2D eigenvalue weighted by Gasteiger charge is -2.26. The van der Waals surface area contributed by atoms with Gasteiger partial charge >= 0.3 is 0 Å². The highest BCUT2D eigenvalue weighted by atomic mass is 16.5. The lowest BCUT2D eigenvalue weighted by atomic mass is 10.1. The molecule has 1 saturated heterocycles. The summed E-state index contributed by atoms with van der Waals surface area (Å²) in [7, 11) is 0. The standard InChI is InChI=1S/C29H33N3O4/c33-28(30-15-16-31-17-19-35-20-18-31)21-24-11-13-26(14-12-24)32(22-25-7-3-1-4-8-25)29(34)23-36-27-9-5-2-6-10-27/h1-14H,15-23H2,(H,30,33). The number of carbonyl (C=O) groups excluding carboxylic acids is 2. The molecule has 0 aromatic heterocycles. The van der Waals surface area contributed by atoms with Crippen LogP contribution in [0.1, 0.15) is 11.1 Å². The number of anilines is 1. The summed E-state index contributed by atoms with van der Waals surface area (Å²) < 4.78 is 11.1. The van der Waals surface area contributed by atoms with Crippen LogP contribution in [-0.4, -0.2) is 62.7 Å². The van der Waals surface area contributed by atoms with Crippen molar-refractivity contribution in [3.05, 3.63) is 96.1 Å². The predicted molar refractivity (Wildman–Crippen MR) is 140 cm³/mol. The summed E-state index contributed by atoms with van der Waals surface area (Å²) in [5.41, 5.74) is 2.68. The maximum atomic E-state index is 13.2. The molecule has 1 aliphatic heterocycles. The predicted octanol–water partition coefficient (Wildman–Crippen LogP) is 3.29. The number of hydrogen-bond donors (Lipinski definition) is 1. The highest BCUT2D eigenvalue weighted by Crippen LogP contribution is 2.20. The minimum Gasteiger partial charge on any atom is -0.484 e. The van der Waals surface area contributed by atoms with E-state index in [2.05, 4.69) is 10.2 Å². The average Bonchev–Trinajstić information content (AvgIpc) is 2.93. The van der Waals surface area contributed by atoms with E-state index in [1.54, 1.807) is 4.90 Å². The second kappa shape index (κ2) is 13.4. The van der Waals surface area contributed by atoms with Crippen molar-refractivity contribution in [3.8, 4) is 5.75 Å². The third kappa shape index (κ3) is 7.93. The largest absolute Gasteiger partial charge is 0.484 e. The van der Waals surface area contributed by atoms with Crippen molar-refractivity contribution >= 4 is 17.5 Å². The van der Waals surface area contributed by atoms with Gasteiger partial charge in [-0.25, -0.2) is 0 Å². The molecule has 188 valence electrons. The number of benzene rings is 3. The summed E-state index contributed by atoms with van der Waals surface area (Å²) in [6.45, 7) is 5.14. The minimum atomic E-state index is -0.142. The monoisotopic (exact) mass is 487 g/mol. The SMILES string of the molecule is O=C(Cc1ccc(N(Cc2ccccc2)C(=O)COc2ccccc2)cc1)NCCN1CCOCC1. The quantitative estimate of drug-likeness (QED) is 0.450. The van der Waals surface area contributed by atoms with E-state index in [0.717, 1.165) is 49.7 Å². The van der Waals surface area contributed by atoms with E-state index in [1.165, 1.54) is 0 Å². The van der Waals surface area contributed by atoms with E-state index in [0.29, 0.717) is 25.3 Å². The topological polar surface area (TPSA) is 71.1 Å². The zero-order valence-electron chi connectivity index (χ0n) is 20.5. The highest BCUT2D eigenvalue weighted by molar-refractivity contribution is 5.94. The van der Waals surface area contributed by atoms with Gasteiger partial charge in [-0.2, -0.15) is 0 Å². The Kier molecular flexibility index (Phi) is 9.47. The van der Waals surface area contributed by atoms with Crippen LogP contribution in [0.25, 0.3) is 0 Å². The molecule has 3 aromatic rings. The van der Waals surface area contributed by atoms with Gasteiger partial charge in [0.15, 0.2) is 6.61 Å². The van der Waals surface area contributed by atoms with Gasteiger partial charge in [0, 0.05) is 31.9 Å². The molecule has 0 saturated carbocycles. The third-order valence-corrected chi connectivity index (χ3v) is 6.06. The molecule has 36 heavy (non-hydrogen) atoms. The molecule has 7 nitrogen and oxygen atoms in total. The van der Waals surface area contributed by atoms with E-state index in [1.807, 2.05) is 84.9 Å². The van der Waals surface area contributed by atoms with Crippen molar-refractivity contribution in [2.75, 3.05) is 50.9 Å². The van der Waals surface area contributed by atoms with Gasteiger partial charge in [0.05, 0.1) is 26.2 Å². The minimum absolute atomic E-state index is 0.00973. The van der Waals surface area contributed by atoms with Gasteiger partial charge in [0.2, 0.25) is 5.91 Å². The Balaban J connectivity index is 1.35. The lowest BCUT2D eigenvalue weighted by molar-refractivity contribution is -0.121. The Morgan fingerprint density at radius 3 is 2.22 bits per heavy atom. The summed E-state index contributed by atoms with van der Waals surface area (Å²) in [5, 5.41) is 3.00. The second-order valence-electron chi connectivity index (χ2n) is 8.71. The van der Waals surface area contributed by atoms with Crippen LogP contribution in [0.3, 0.4) is 0 Å². The van der Waals surface area contributed by atoms with Gasteiger partial charge in [-0.1, -0.05) is 60.7 Å². The van der Waals surface area contributed by atoms with Crippen molar-refractivity contribution < 1.29 is 19.1 Å². The number of nitrogens with zero attached hydrogens (tertiary/aromatic N) is 2. The number of nitrogens with one attached hydrogen (secondary N) is 1. The zero-order valence-corrected chi connectivity index (χ0v) is 20.5. The van der Waals surface area contributed by atoms with Crippen LogP contribution in [0.4, 0.5) is 5.69 Å². The van der Waals surface area contributed by atoms with E-state index >= 15 is 0 Å². The molecule has 0 unspecified atom stereocenters. The van der Waals surface area contributed by atoms with Crippen molar-refractivity contribution in [3.63, 3.8) is 0 Å². The summed E-state index contributed by atoms with van der Waals surface area (Å²) in [4.78, 5) is 29.6. The fourth-order valence-electron chi connectivity index (χ4n) is 4.05. The van der Waals surface area contributed by atoms with Gasteiger partial charge in [-0.15, -0.1) is 0 Å². The maximum Gasteiger partial charge on any atom is 0.265 e. The van der Waals surface area contributed by atoms with Gasteiger partial charge in [-0.3, -0.25) is 14.5 Å². The molecule has 0 bridgehead atoms. The molecule has 2 amide bonds. The Labute approximate surface area is 212 Å².